The number of ether oxygens (including phenoxy) is 1. The summed E-state index contributed by atoms with van der Waals surface area (Å²) >= 11 is 1.36. The molecule has 0 aromatic carbocycles. The van der Waals surface area contributed by atoms with Gasteiger partial charge in [0.25, 0.3) is 0 Å². The van der Waals surface area contributed by atoms with Crippen LogP contribution in [0.2, 0.25) is 0 Å². The number of amides is 1. The molecule has 2 rings (SSSR count). The molecule has 1 aliphatic rings. The normalized spacial score (nSPS) is 18.3. The third-order valence-electron chi connectivity index (χ3n) is 3.84. The fourth-order valence-corrected chi connectivity index (χ4v) is 4.17. The van der Waals surface area contributed by atoms with Crippen molar-refractivity contribution in [3.63, 3.8) is 0 Å². The van der Waals surface area contributed by atoms with Crippen LogP contribution in [0.25, 0.3) is 0 Å². The quantitative estimate of drug-likeness (QED) is 0.782. The Kier molecular flexibility index (Phi) is 5.77. The van der Waals surface area contributed by atoms with Gasteiger partial charge in [-0.15, -0.1) is 11.3 Å². The second-order valence-electron chi connectivity index (χ2n) is 5.42. The number of esters is 1. The highest BCUT2D eigenvalue weighted by Crippen LogP contribution is 2.23. The molecule has 23 heavy (non-hydrogen) atoms. The number of piperidine rings is 1. The highest BCUT2D eigenvalue weighted by atomic mass is 32.2. The van der Waals surface area contributed by atoms with E-state index in [4.69, 9.17) is 4.74 Å². The van der Waals surface area contributed by atoms with E-state index in [2.05, 4.69) is 5.32 Å². The van der Waals surface area contributed by atoms with E-state index < -0.39 is 22.0 Å². The Hall–Kier alpha value is -1.45. The van der Waals surface area contributed by atoms with Crippen molar-refractivity contribution >= 4 is 33.2 Å². The van der Waals surface area contributed by atoms with Crippen LogP contribution >= 0.6 is 11.3 Å². The molecule has 1 aliphatic heterocycles. The van der Waals surface area contributed by atoms with E-state index in [1.165, 1.54) is 22.8 Å². The maximum atomic E-state index is 12.4. The Morgan fingerprint density at radius 2 is 2.04 bits per heavy atom. The number of sulfonamides is 1. The van der Waals surface area contributed by atoms with Crippen molar-refractivity contribution in [3.05, 3.63) is 22.4 Å². The second-order valence-corrected chi connectivity index (χ2v) is 8.38. The molecule has 0 aliphatic carbocycles. The highest BCUT2D eigenvalue weighted by Gasteiger charge is 2.32. The molecule has 1 saturated heterocycles. The first-order chi connectivity index (χ1) is 10.8. The lowest BCUT2D eigenvalue weighted by Gasteiger charge is -2.30. The van der Waals surface area contributed by atoms with Crippen molar-refractivity contribution in [1.29, 1.82) is 0 Å². The number of nitrogens with one attached hydrogen (secondary N) is 1. The van der Waals surface area contributed by atoms with Crippen LogP contribution in [0.1, 0.15) is 23.8 Å². The Bertz CT molecular complexity index is 649. The van der Waals surface area contributed by atoms with E-state index in [-0.39, 0.29) is 11.8 Å². The summed E-state index contributed by atoms with van der Waals surface area (Å²) < 4.78 is 29.1. The zero-order valence-electron chi connectivity index (χ0n) is 13.0. The molecular weight excluding hydrogens is 340 g/mol. The van der Waals surface area contributed by atoms with Gasteiger partial charge in [0.15, 0.2) is 6.04 Å². The fraction of sp³-hybridized carbons (Fsp3) is 0.571. The zero-order chi connectivity index (χ0) is 17.0. The summed E-state index contributed by atoms with van der Waals surface area (Å²) in [7, 11) is -1.94. The molecule has 0 unspecified atom stereocenters. The van der Waals surface area contributed by atoms with Crippen molar-refractivity contribution in [2.45, 2.75) is 18.9 Å². The van der Waals surface area contributed by atoms with Gasteiger partial charge in [-0.1, -0.05) is 6.07 Å². The standard InChI is InChI=1S/C14H20N2O5S2/c1-21-14(18)12(11-4-3-9-22-11)15-13(17)10-5-7-16(8-6-10)23(2,19)20/h3-4,9-10,12H,5-8H2,1-2H3,(H,15,17)/t12-/m0/s1. The lowest BCUT2D eigenvalue weighted by Crippen LogP contribution is -2.44. The number of nitrogens with zero attached hydrogens (tertiary/aromatic N) is 1. The van der Waals surface area contributed by atoms with Crippen LogP contribution in [0.3, 0.4) is 0 Å². The molecule has 1 atom stereocenters. The van der Waals surface area contributed by atoms with E-state index in [1.54, 1.807) is 12.1 Å². The van der Waals surface area contributed by atoms with Crippen molar-refractivity contribution in [3.8, 4) is 0 Å². The Labute approximate surface area is 139 Å². The number of carbonyl (C=O) groups is 2. The van der Waals surface area contributed by atoms with E-state index in [0.717, 1.165) is 6.26 Å². The molecule has 0 radical (unpaired) electrons. The Morgan fingerprint density at radius 3 is 2.52 bits per heavy atom. The smallest absolute Gasteiger partial charge is 0.333 e. The van der Waals surface area contributed by atoms with Crippen LogP contribution in [-0.2, 0) is 24.3 Å². The van der Waals surface area contributed by atoms with Gasteiger partial charge in [-0.05, 0) is 24.3 Å². The van der Waals surface area contributed by atoms with Gasteiger partial charge < -0.3 is 10.1 Å². The summed E-state index contributed by atoms with van der Waals surface area (Å²) in [6.45, 7) is 0.637. The molecule has 1 aromatic heterocycles. The summed E-state index contributed by atoms with van der Waals surface area (Å²) in [6.07, 6.45) is 2.05. The monoisotopic (exact) mass is 360 g/mol. The van der Waals surface area contributed by atoms with Crippen molar-refractivity contribution in [1.82, 2.24) is 9.62 Å². The number of hydrogen-bond donors (Lipinski definition) is 1. The van der Waals surface area contributed by atoms with Gasteiger partial charge in [0.05, 0.1) is 13.4 Å². The number of carbonyl (C=O) groups excluding carboxylic acids is 2. The first kappa shape index (κ1) is 17.9. The van der Waals surface area contributed by atoms with Crippen LogP contribution in [-0.4, -0.2) is 51.1 Å². The van der Waals surface area contributed by atoms with Crippen LogP contribution < -0.4 is 5.32 Å². The molecule has 0 saturated carbocycles. The maximum absolute atomic E-state index is 12.4. The average Bonchev–Trinajstić information content (AvgIpc) is 3.05. The van der Waals surface area contributed by atoms with Gasteiger partial charge in [-0.2, -0.15) is 0 Å². The van der Waals surface area contributed by atoms with Crippen molar-refractivity contribution < 1.29 is 22.7 Å². The molecular formula is C14H20N2O5S2. The first-order valence-corrected chi connectivity index (χ1v) is 9.92. The van der Waals surface area contributed by atoms with E-state index in [0.29, 0.717) is 30.8 Å². The average molecular weight is 360 g/mol. The van der Waals surface area contributed by atoms with Crippen LogP contribution in [0.15, 0.2) is 17.5 Å². The number of thiophene rings is 1. The number of rotatable bonds is 5. The molecule has 1 N–H and O–H groups in total. The topological polar surface area (TPSA) is 92.8 Å². The van der Waals surface area contributed by atoms with Gasteiger partial charge in [-0.3, -0.25) is 4.79 Å². The largest absolute Gasteiger partial charge is 0.467 e. The van der Waals surface area contributed by atoms with Crippen molar-refractivity contribution in [2.24, 2.45) is 5.92 Å². The minimum atomic E-state index is -3.22. The fourth-order valence-electron chi connectivity index (χ4n) is 2.53. The van der Waals surface area contributed by atoms with Gasteiger partial charge in [-0.25, -0.2) is 17.5 Å². The molecule has 2 heterocycles. The summed E-state index contributed by atoms with van der Waals surface area (Å²) in [5.41, 5.74) is 0. The third-order valence-corrected chi connectivity index (χ3v) is 6.09. The summed E-state index contributed by atoms with van der Waals surface area (Å²) in [4.78, 5) is 25.0. The SMILES string of the molecule is COC(=O)[C@@H](NC(=O)C1CCN(S(C)(=O)=O)CC1)c1cccs1. The molecule has 0 bridgehead atoms. The van der Waals surface area contributed by atoms with Gasteiger partial charge in [0.1, 0.15) is 0 Å². The van der Waals surface area contributed by atoms with Crippen molar-refractivity contribution in [2.75, 3.05) is 26.5 Å². The molecule has 0 spiro atoms. The van der Waals surface area contributed by atoms with E-state index in [9.17, 15) is 18.0 Å². The Balaban J connectivity index is 1.99. The van der Waals surface area contributed by atoms with Crippen LogP contribution in [0.5, 0.6) is 0 Å². The molecule has 1 aromatic rings. The predicted molar refractivity (Wildman–Crippen MR) is 86.4 cm³/mol. The van der Waals surface area contributed by atoms with Gasteiger partial charge >= 0.3 is 5.97 Å². The zero-order valence-corrected chi connectivity index (χ0v) is 14.7. The summed E-state index contributed by atoms with van der Waals surface area (Å²) in [6, 6.07) is 2.74. The minimum absolute atomic E-state index is 0.248. The molecule has 128 valence electrons. The lowest BCUT2D eigenvalue weighted by atomic mass is 9.97. The second kappa shape index (κ2) is 7.41. The number of methoxy groups -OCH3 is 1. The predicted octanol–water partition coefficient (Wildman–Crippen LogP) is 0.750. The molecule has 7 nitrogen and oxygen atoms in total. The lowest BCUT2D eigenvalue weighted by molar-refractivity contribution is -0.145. The highest BCUT2D eigenvalue weighted by molar-refractivity contribution is 7.88. The maximum Gasteiger partial charge on any atom is 0.333 e. The van der Waals surface area contributed by atoms with Crippen LogP contribution in [0.4, 0.5) is 0 Å². The van der Waals surface area contributed by atoms with Gasteiger partial charge in [0.2, 0.25) is 15.9 Å². The minimum Gasteiger partial charge on any atom is -0.467 e. The molecule has 1 fully saturated rings. The number of hydrogen-bond acceptors (Lipinski definition) is 6. The summed E-state index contributed by atoms with van der Waals surface area (Å²) in [5.74, 6) is -1.07. The van der Waals surface area contributed by atoms with Gasteiger partial charge in [0, 0.05) is 23.9 Å². The Morgan fingerprint density at radius 1 is 1.39 bits per heavy atom. The molecule has 1 amide bonds. The third kappa shape index (κ3) is 4.52. The van der Waals surface area contributed by atoms with Crippen LogP contribution in [0, 0.1) is 5.92 Å². The van der Waals surface area contributed by atoms with E-state index >= 15 is 0 Å². The summed E-state index contributed by atoms with van der Waals surface area (Å²) in [5, 5.41) is 4.54. The van der Waals surface area contributed by atoms with E-state index in [1.807, 2.05) is 5.38 Å². The molecule has 9 heteroatoms. The first-order valence-electron chi connectivity index (χ1n) is 7.19.